The number of phenols is 1. The summed E-state index contributed by atoms with van der Waals surface area (Å²) in [5, 5.41) is 10.2. The normalized spacial score (nSPS) is 20.3. The van der Waals surface area contributed by atoms with Gasteiger partial charge < -0.3 is 14.6 Å². The van der Waals surface area contributed by atoms with E-state index in [-0.39, 0.29) is 11.3 Å². The topological polar surface area (TPSA) is 38.7 Å². The second kappa shape index (κ2) is 6.27. The molecule has 0 saturated carbocycles. The molecule has 0 amide bonds. The highest BCUT2D eigenvalue weighted by Crippen LogP contribution is 2.35. The molecule has 0 saturated heterocycles. The van der Waals surface area contributed by atoms with Crippen LogP contribution in [0.15, 0.2) is 42.5 Å². The van der Waals surface area contributed by atoms with Gasteiger partial charge in [0.25, 0.3) is 0 Å². The zero-order chi connectivity index (χ0) is 16.4. The van der Waals surface area contributed by atoms with Gasteiger partial charge in [0.15, 0.2) is 5.79 Å². The lowest BCUT2D eigenvalue weighted by Gasteiger charge is -2.36. The van der Waals surface area contributed by atoms with Crippen molar-refractivity contribution < 1.29 is 14.6 Å². The molecule has 2 rings (SSSR count). The number of methoxy groups -OCH3 is 2. The molecule has 0 fully saturated rings. The number of allylic oxidation sites excluding steroid dienone is 2. The highest BCUT2D eigenvalue weighted by Gasteiger charge is 2.37. The molecule has 0 bridgehead atoms. The van der Waals surface area contributed by atoms with Crippen LogP contribution < -0.4 is 0 Å². The summed E-state index contributed by atoms with van der Waals surface area (Å²) in [6.45, 7) is 6.50. The first-order chi connectivity index (χ1) is 10.3. The largest absolute Gasteiger partial charge is 0.508 e. The Morgan fingerprint density at radius 2 is 1.82 bits per heavy atom. The molecule has 1 N–H and O–H groups in total. The van der Waals surface area contributed by atoms with Crippen molar-refractivity contribution in [3.63, 3.8) is 0 Å². The number of aromatic hydroxyl groups is 1. The third kappa shape index (κ3) is 3.26. The Labute approximate surface area is 133 Å². The van der Waals surface area contributed by atoms with E-state index in [0.717, 1.165) is 5.56 Å². The molecule has 0 heterocycles. The first kappa shape index (κ1) is 16.8. The predicted molar refractivity (Wildman–Crippen MR) is 89.0 cm³/mol. The van der Waals surface area contributed by atoms with Gasteiger partial charge in [-0.3, -0.25) is 0 Å². The van der Waals surface area contributed by atoms with Crippen LogP contribution in [-0.2, 0) is 21.3 Å². The van der Waals surface area contributed by atoms with Gasteiger partial charge in [0.1, 0.15) is 5.75 Å². The third-order valence-electron chi connectivity index (χ3n) is 4.32. The van der Waals surface area contributed by atoms with Crippen molar-refractivity contribution in [2.45, 2.75) is 38.4 Å². The molecule has 1 aromatic carbocycles. The van der Waals surface area contributed by atoms with Gasteiger partial charge in [0.05, 0.1) is 0 Å². The van der Waals surface area contributed by atoms with Crippen molar-refractivity contribution >= 4 is 0 Å². The van der Waals surface area contributed by atoms with E-state index in [1.54, 1.807) is 20.3 Å². The molecular weight excluding hydrogens is 276 g/mol. The van der Waals surface area contributed by atoms with Gasteiger partial charge in [-0.1, -0.05) is 51.1 Å². The monoisotopic (exact) mass is 302 g/mol. The molecule has 3 heteroatoms. The molecule has 0 spiro atoms. The number of rotatable bonds is 4. The van der Waals surface area contributed by atoms with Crippen LogP contribution >= 0.6 is 0 Å². The zero-order valence-electron chi connectivity index (χ0n) is 14.1. The van der Waals surface area contributed by atoms with Gasteiger partial charge in [0.2, 0.25) is 0 Å². The summed E-state index contributed by atoms with van der Waals surface area (Å²) in [4.78, 5) is 0. The molecule has 1 unspecified atom stereocenters. The fourth-order valence-electron chi connectivity index (χ4n) is 2.83. The van der Waals surface area contributed by atoms with Crippen LogP contribution in [0.25, 0.3) is 0 Å². The predicted octanol–water partition coefficient (Wildman–Crippen LogP) is 3.96. The summed E-state index contributed by atoms with van der Waals surface area (Å²) in [5.74, 6) is -0.454. The summed E-state index contributed by atoms with van der Waals surface area (Å²) in [6, 6.07) is 5.84. The minimum atomic E-state index is -0.779. The van der Waals surface area contributed by atoms with Crippen molar-refractivity contribution in [2.24, 2.45) is 5.92 Å². The van der Waals surface area contributed by atoms with E-state index in [0.29, 0.717) is 12.2 Å². The van der Waals surface area contributed by atoms with Gasteiger partial charge in [-0.15, -0.1) is 0 Å². The van der Waals surface area contributed by atoms with E-state index in [1.165, 1.54) is 5.56 Å². The van der Waals surface area contributed by atoms with E-state index in [9.17, 15) is 5.11 Å². The van der Waals surface area contributed by atoms with Crippen molar-refractivity contribution in [1.29, 1.82) is 0 Å². The van der Waals surface area contributed by atoms with E-state index >= 15 is 0 Å². The van der Waals surface area contributed by atoms with Crippen molar-refractivity contribution in [3.8, 4) is 5.75 Å². The fourth-order valence-corrected chi connectivity index (χ4v) is 2.83. The molecule has 0 radical (unpaired) electrons. The number of hydrogen-bond donors (Lipinski definition) is 1. The molecule has 3 nitrogen and oxygen atoms in total. The number of phenolic OH excluding ortho intramolecular Hbond substituents is 1. The smallest absolute Gasteiger partial charge is 0.194 e. The minimum Gasteiger partial charge on any atom is -0.508 e. The maximum absolute atomic E-state index is 10.2. The van der Waals surface area contributed by atoms with Crippen molar-refractivity contribution in [2.75, 3.05) is 14.2 Å². The van der Waals surface area contributed by atoms with E-state index in [1.807, 2.05) is 24.3 Å². The van der Waals surface area contributed by atoms with Gasteiger partial charge in [-0.2, -0.15) is 0 Å². The van der Waals surface area contributed by atoms with Crippen LogP contribution in [0.5, 0.6) is 5.75 Å². The molecule has 0 aliphatic heterocycles. The lowest BCUT2D eigenvalue weighted by Crippen LogP contribution is -2.41. The Hall–Kier alpha value is -1.58. The van der Waals surface area contributed by atoms with Gasteiger partial charge >= 0.3 is 0 Å². The Bertz CT molecular complexity index is 575. The molecular formula is C19H26O3. The van der Waals surface area contributed by atoms with E-state index in [2.05, 4.69) is 32.9 Å². The quantitative estimate of drug-likeness (QED) is 0.856. The highest BCUT2D eigenvalue weighted by atomic mass is 16.7. The highest BCUT2D eigenvalue weighted by molar-refractivity contribution is 5.40. The van der Waals surface area contributed by atoms with Crippen LogP contribution in [0.4, 0.5) is 0 Å². The molecule has 1 atom stereocenters. The molecule has 1 aromatic rings. The van der Waals surface area contributed by atoms with Gasteiger partial charge in [0, 0.05) is 20.1 Å². The third-order valence-corrected chi connectivity index (χ3v) is 4.32. The molecule has 1 aliphatic carbocycles. The molecule has 120 valence electrons. The van der Waals surface area contributed by atoms with Crippen LogP contribution in [-0.4, -0.2) is 25.1 Å². The average Bonchev–Trinajstić information content (AvgIpc) is 2.49. The summed E-state index contributed by atoms with van der Waals surface area (Å²) in [7, 11) is 3.29. The fraction of sp³-hybridized carbons (Fsp3) is 0.474. The SMILES string of the molecule is COC1(OC)C=CC=CC1Cc1cc(C(C)(C)C)ccc1O. The average molecular weight is 302 g/mol. The molecule has 1 aliphatic rings. The molecule has 0 aromatic heterocycles. The summed E-state index contributed by atoms with van der Waals surface area (Å²) >= 11 is 0. The van der Waals surface area contributed by atoms with Gasteiger partial charge in [-0.25, -0.2) is 0 Å². The number of benzene rings is 1. The standard InChI is InChI=1S/C19H26O3/c1-18(2,3)15-9-10-17(20)14(12-15)13-16-8-6-7-11-19(16,21-4)22-5/h6-12,16,20H,13H2,1-5H3. The Kier molecular flexibility index (Phi) is 4.78. The second-order valence-electron chi connectivity index (χ2n) is 6.78. The maximum atomic E-state index is 10.2. The second-order valence-corrected chi connectivity index (χ2v) is 6.78. The summed E-state index contributed by atoms with van der Waals surface area (Å²) in [6.07, 6.45) is 8.55. The number of ether oxygens (including phenoxy) is 2. The first-order valence-electron chi connectivity index (χ1n) is 7.61. The van der Waals surface area contributed by atoms with Crippen LogP contribution in [0.2, 0.25) is 0 Å². The van der Waals surface area contributed by atoms with E-state index in [4.69, 9.17) is 9.47 Å². The lowest BCUT2D eigenvalue weighted by molar-refractivity contribution is -0.195. The maximum Gasteiger partial charge on any atom is 0.194 e. The van der Waals surface area contributed by atoms with Crippen LogP contribution in [0, 0.1) is 5.92 Å². The minimum absolute atomic E-state index is 0.00798. The van der Waals surface area contributed by atoms with Crippen LogP contribution in [0.1, 0.15) is 31.9 Å². The summed E-state index contributed by atoms with van der Waals surface area (Å²) < 4.78 is 11.2. The molecule has 22 heavy (non-hydrogen) atoms. The Balaban J connectivity index is 2.33. The zero-order valence-corrected chi connectivity index (χ0v) is 14.1. The van der Waals surface area contributed by atoms with Gasteiger partial charge in [-0.05, 0) is 35.1 Å². The van der Waals surface area contributed by atoms with E-state index < -0.39 is 5.79 Å². The first-order valence-corrected chi connectivity index (χ1v) is 7.61. The lowest BCUT2D eigenvalue weighted by atomic mass is 9.83. The van der Waals surface area contributed by atoms with Crippen molar-refractivity contribution in [3.05, 3.63) is 53.6 Å². The summed E-state index contributed by atoms with van der Waals surface area (Å²) in [5.41, 5.74) is 2.16. The Morgan fingerprint density at radius 1 is 1.14 bits per heavy atom. The van der Waals surface area contributed by atoms with Crippen LogP contribution in [0.3, 0.4) is 0 Å². The Morgan fingerprint density at radius 3 is 2.41 bits per heavy atom. The number of hydrogen-bond acceptors (Lipinski definition) is 3. The van der Waals surface area contributed by atoms with Crippen molar-refractivity contribution in [1.82, 2.24) is 0 Å².